The van der Waals surface area contributed by atoms with E-state index in [0.717, 1.165) is 6.07 Å². The van der Waals surface area contributed by atoms with Crippen molar-refractivity contribution >= 4 is 33.0 Å². The molecule has 4 atom stereocenters. The third kappa shape index (κ3) is 4.14. The molecule has 4 N–H and O–H groups in total. The first-order valence-corrected chi connectivity index (χ1v) is 12.3. The van der Waals surface area contributed by atoms with Crippen LogP contribution in [0.3, 0.4) is 0 Å². The van der Waals surface area contributed by atoms with E-state index in [0.29, 0.717) is 25.0 Å². The number of nitrogens with one attached hydrogen (secondary N) is 1. The molecule has 178 valence electrons. The Kier molecular flexibility index (Phi) is 6.24. The summed E-state index contributed by atoms with van der Waals surface area (Å²) in [5.41, 5.74) is 4.24. The van der Waals surface area contributed by atoms with E-state index in [9.17, 15) is 31.5 Å². The molecule has 4 rings (SSSR count). The number of fused-ring (bicyclic) bond motifs is 2. The lowest BCUT2D eigenvalue weighted by molar-refractivity contribution is -0.0498. The molecule has 0 aliphatic heterocycles. The molecule has 2 saturated carbocycles. The van der Waals surface area contributed by atoms with Crippen molar-refractivity contribution in [3.8, 4) is 0 Å². The van der Waals surface area contributed by atoms with Crippen molar-refractivity contribution in [2.24, 2.45) is 17.6 Å². The molecule has 0 heterocycles. The van der Waals surface area contributed by atoms with Crippen LogP contribution in [0.1, 0.15) is 36.0 Å². The number of sulfone groups is 1. The lowest BCUT2D eigenvalue weighted by atomic mass is 9.74. The van der Waals surface area contributed by atoms with Crippen LogP contribution in [0, 0.1) is 29.3 Å². The van der Waals surface area contributed by atoms with Gasteiger partial charge in [0.05, 0.1) is 20.8 Å². The van der Waals surface area contributed by atoms with Gasteiger partial charge in [0.1, 0.15) is 0 Å². The average Bonchev–Trinajstić information content (AvgIpc) is 2.93. The predicted octanol–water partition coefficient (Wildman–Crippen LogP) is 3.66. The molecular weight excluding hydrogens is 481 g/mol. The van der Waals surface area contributed by atoms with E-state index >= 15 is 0 Å². The summed E-state index contributed by atoms with van der Waals surface area (Å²) in [4.78, 5) is 12.4. The van der Waals surface area contributed by atoms with Gasteiger partial charge in [-0.2, -0.15) is 0 Å². The van der Waals surface area contributed by atoms with Crippen LogP contribution < -0.4 is 11.1 Å². The van der Waals surface area contributed by atoms with Gasteiger partial charge in [0.25, 0.3) is 5.91 Å². The summed E-state index contributed by atoms with van der Waals surface area (Å²) in [6.45, 7) is 0.0656. The van der Waals surface area contributed by atoms with Gasteiger partial charge in [0, 0.05) is 29.9 Å². The lowest BCUT2D eigenvalue weighted by Crippen LogP contribution is -2.52. The predicted molar refractivity (Wildman–Crippen MR) is 116 cm³/mol. The van der Waals surface area contributed by atoms with E-state index in [2.05, 4.69) is 5.32 Å². The van der Waals surface area contributed by atoms with Crippen LogP contribution in [-0.4, -0.2) is 36.8 Å². The Bertz CT molecular complexity index is 1190. The molecular formula is C22H22ClF3N2O4S. The first-order valence-electron chi connectivity index (χ1n) is 10.4. The molecule has 2 aliphatic rings. The van der Waals surface area contributed by atoms with Crippen molar-refractivity contribution in [1.82, 2.24) is 0 Å². The fraction of sp³-hybridized carbons (Fsp3) is 0.409. The van der Waals surface area contributed by atoms with Gasteiger partial charge in [-0.05, 0) is 55.7 Å². The molecule has 2 bridgehead atoms. The van der Waals surface area contributed by atoms with Gasteiger partial charge in [-0.3, -0.25) is 4.79 Å². The topological polar surface area (TPSA) is 109 Å². The number of carbonyl (C=O) groups is 1. The zero-order chi connectivity index (χ0) is 24.1. The van der Waals surface area contributed by atoms with Gasteiger partial charge in [0.2, 0.25) is 0 Å². The minimum atomic E-state index is -3.96. The number of hydrogen-bond donors (Lipinski definition) is 3. The Balaban J connectivity index is 1.60. The Morgan fingerprint density at radius 2 is 1.70 bits per heavy atom. The highest BCUT2D eigenvalue weighted by Crippen LogP contribution is 2.51. The van der Waals surface area contributed by atoms with Gasteiger partial charge in [-0.15, -0.1) is 0 Å². The number of hydrogen-bond acceptors (Lipinski definition) is 5. The molecule has 0 spiro atoms. The fourth-order valence-corrected chi connectivity index (χ4v) is 7.47. The average molecular weight is 503 g/mol. The summed E-state index contributed by atoms with van der Waals surface area (Å²) in [6.07, 6.45) is 1.83. The lowest BCUT2D eigenvalue weighted by Gasteiger charge is -2.41. The van der Waals surface area contributed by atoms with E-state index in [4.69, 9.17) is 17.3 Å². The summed E-state index contributed by atoms with van der Waals surface area (Å²) in [7, 11) is -3.96. The number of amides is 1. The molecule has 0 radical (unpaired) electrons. The van der Waals surface area contributed by atoms with Gasteiger partial charge in [-0.25, -0.2) is 21.6 Å². The fourth-order valence-electron chi connectivity index (χ4n) is 5.07. The summed E-state index contributed by atoms with van der Waals surface area (Å²) >= 11 is 6.17. The van der Waals surface area contributed by atoms with Crippen LogP contribution in [0.25, 0.3) is 0 Å². The van der Waals surface area contributed by atoms with E-state index in [1.807, 2.05) is 0 Å². The second-order valence-corrected chi connectivity index (χ2v) is 11.3. The minimum absolute atomic E-state index is 0.0656. The Hall–Kier alpha value is -2.14. The molecule has 6 nitrogen and oxygen atoms in total. The highest BCUT2D eigenvalue weighted by molar-refractivity contribution is 7.92. The van der Waals surface area contributed by atoms with E-state index < -0.39 is 44.0 Å². The Labute approximate surface area is 193 Å². The summed E-state index contributed by atoms with van der Waals surface area (Å²) in [6, 6.07) is 4.85. The number of halogens is 4. The molecule has 1 amide bonds. The molecule has 0 aromatic heterocycles. The summed E-state index contributed by atoms with van der Waals surface area (Å²) < 4.78 is 66.8. The maximum atomic E-state index is 13.4. The molecule has 1 unspecified atom stereocenters. The molecule has 2 aromatic rings. The van der Waals surface area contributed by atoms with Gasteiger partial charge >= 0.3 is 0 Å². The van der Waals surface area contributed by atoms with Crippen LogP contribution in [0.4, 0.5) is 18.9 Å². The van der Waals surface area contributed by atoms with Crippen LogP contribution in [0.15, 0.2) is 35.2 Å². The van der Waals surface area contributed by atoms with Crippen LogP contribution in [-0.2, 0) is 9.84 Å². The van der Waals surface area contributed by atoms with Gasteiger partial charge in [-0.1, -0.05) is 11.6 Å². The molecule has 11 heteroatoms. The van der Waals surface area contributed by atoms with Crippen molar-refractivity contribution in [1.29, 1.82) is 0 Å². The zero-order valence-corrected chi connectivity index (χ0v) is 18.9. The van der Waals surface area contributed by atoms with E-state index in [1.165, 1.54) is 12.1 Å². The number of anilines is 1. The van der Waals surface area contributed by atoms with Gasteiger partial charge < -0.3 is 16.2 Å². The molecule has 2 aliphatic carbocycles. The smallest absolute Gasteiger partial charge is 0.255 e. The van der Waals surface area contributed by atoms with Crippen molar-refractivity contribution in [3.05, 3.63) is 58.4 Å². The molecule has 33 heavy (non-hydrogen) atoms. The third-order valence-electron chi connectivity index (χ3n) is 6.88. The standard InChI is InChI=1S/C22H22ClF3N2O4S/c23-16-4-1-11(21(29)28-14-8-17(24)20(26)18(25)9-14)5-19(16)33(31,32)15-6-12-2-3-13(7-15)22(12,30)10-27/h1,4-5,8-9,12-13,15,30H,2-3,6-7,10,27H2,(H,28,29)/t12-,13?,15-,22+/m0/s1. The summed E-state index contributed by atoms with van der Waals surface area (Å²) in [5.74, 6) is -5.96. The second kappa shape index (κ2) is 8.57. The van der Waals surface area contributed by atoms with Crippen molar-refractivity contribution in [2.45, 2.75) is 41.4 Å². The SMILES string of the molecule is NC[C@]1(O)C2CC[C@H]1C[C@H](S(=O)(=O)c1cc(C(=O)Nc3cc(F)c(F)c(F)c3)ccc1Cl)C2. The first-order chi connectivity index (χ1) is 15.5. The number of benzene rings is 2. The minimum Gasteiger partial charge on any atom is -0.388 e. The zero-order valence-electron chi connectivity index (χ0n) is 17.3. The van der Waals surface area contributed by atoms with Crippen molar-refractivity contribution in [2.75, 3.05) is 11.9 Å². The molecule has 0 saturated heterocycles. The van der Waals surface area contributed by atoms with E-state index in [-0.39, 0.29) is 52.4 Å². The highest BCUT2D eigenvalue weighted by Gasteiger charge is 2.55. The van der Waals surface area contributed by atoms with E-state index in [1.54, 1.807) is 0 Å². The molecule has 2 aromatic carbocycles. The maximum absolute atomic E-state index is 13.4. The van der Waals surface area contributed by atoms with Crippen LogP contribution >= 0.6 is 11.6 Å². The van der Waals surface area contributed by atoms with Gasteiger partial charge in [0.15, 0.2) is 27.3 Å². The third-order valence-corrected chi connectivity index (χ3v) is 9.53. The van der Waals surface area contributed by atoms with Crippen molar-refractivity contribution in [3.63, 3.8) is 0 Å². The number of aliphatic hydroxyl groups is 1. The monoisotopic (exact) mass is 502 g/mol. The Morgan fingerprint density at radius 1 is 1.12 bits per heavy atom. The highest BCUT2D eigenvalue weighted by atomic mass is 35.5. The largest absolute Gasteiger partial charge is 0.388 e. The second-order valence-electron chi connectivity index (χ2n) is 8.66. The quantitative estimate of drug-likeness (QED) is 0.541. The normalized spacial score (nSPS) is 26.9. The maximum Gasteiger partial charge on any atom is 0.255 e. The number of rotatable bonds is 5. The Morgan fingerprint density at radius 3 is 2.24 bits per heavy atom. The van der Waals surface area contributed by atoms with Crippen LogP contribution in [0.5, 0.6) is 0 Å². The summed E-state index contributed by atoms with van der Waals surface area (Å²) in [5, 5.41) is 12.2. The molecule has 2 fully saturated rings. The first kappa shape index (κ1) is 24.0. The van der Waals surface area contributed by atoms with Crippen molar-refractivity contribution < 1.29 is 31.5 Å². The van der Waals surface area contributed by atoms with Crippen LogP contribution in [0.2, 0.25) is 5.02 Å². The number of nitrogens with two attached hydrogens (primary N) is 1. The number of carbonyl (C=O) groups excluding carboxylic acids is 1.